The largest absolute Gasteiger partial charge is 0.461 e. The Morgan fingerprint density at radius 3 is 2.94 bits per heavy atom. The molecule has 0 aromatic carbocycles. The highest BCUT2D eigenvalue weighted by Crippen LogP contribution is 2.12. The first-order valence-corrected chi connectivity index (χ1v) is 5.27. The fraction of sp³-hybridized carbons (Fsp3) is 0.300. The highest BCUT2D eigenvalue weighted by molar-refractivity contribution is 7.10. The number of hydrogen-bond donors (Lipinski definition) is 0. The second-order valence-corrected chi connectivity index (χ2v) is 3.35. The van der Waals surface area contributed by atoms with Crippen molar-refractivity contribution in [2.24, 2.45) is 0 Å². The molecule has 0 radical (unpaired) electrons. The van der Waals surface area contributed by atoms with Crippen LogP contribution in [0, 0.1) is 11.8 Å². The van der Waals surface area contributed by atoms with Crippen molar-refractivity contribution in [3.8, 4) is 11.8 Å². The van der Waals surface area contributed by atoms with Crippen molar-refractivity contribution in [3.63, 3.8) is 0 Å². The number of hydrogen-bond acceptors (Lipinski definition) is 6. The maximum Gasteiger partial charge on any atom is 0.384 e. The average molecular weight is 239 g/mol. The van der Waals surface area contributed by atoms with Gasteiger partial charge in [-0.1, -0.05) is 0 Å². The summed E-state index contributed by atoms with van der Waals surface area (Å²) in [6.45, 7) is 1.96. The number of methoxy groups -OCH3 is 1. The van der Waals surface area contributed by atoms with E-state index in [1.807, 2.05) is 0 Å². The van der Waals surface area contributed by atoms with Crippen molar-refractivity contribution in [1.82, 2.24) is 4.98 Å². The molecule has 0 aliphatic rings. The van der Waals surface area contributed by atoms with E-state index in [9.17, 15) is 9.59 Å². The third-order valence-corrected chi connectivity index (χ3v) is 2.24. The molecular formula is C10H9NO4S. The predicted octanol–water partition coefficient (Wildman–Crippen LogP) is 0.844. The van der Waals surface area contributed by atoms with Gasteiger partial charge in [-0.25, -0.2) is 14.6 Å². The molecule has 0 N–H and O–H groups in total. The van der Waals surface area contributed by atoms with E-state index in [1.54, 1.807) is 6.92 Å². The van der Waals surface area contributed by atoms with Crippen LogP contribution in [0.2, 0.25) is 0 Å². The Kier molecular flexibility index (Phi) is 4.48. The molecule has 0 unspecified atom stereocenters. The molecule has 5 nitrogen and oxygen atoms in total. The van der Waals surface area contributed by atoms with Crippen molar-refractivity contribution in [2.75, 3.05) is 13.7 Å². The topological polar surface area (TPSA) is 65.5 Å². The van der Waals surface area contributed by atoms with E-state index < -0.39 is 11.9 Å². The molecule has 0 bridgehead atoms. The molecule has 0 spiro atoms. The Labute approximate surface area is 96.4 Å². The Morgan fingerprint density at radius 1 is 1.56 bits per heavy atom. The van der Waals surface area contributed by atoms with Crippen LogP contribution in [-0.2, 0) is 14.3 Å². The number of esters is 2. The number of thiazole rings is 1. The second-order valence-electron chi connectivity index (χ2n) is 2.49. The number of carbonyl (C=O) groups is 2. The van der Waals surface area contributed by atoms with Crippen LogP contribution in [0.5, 0.6) is 0 Å². The van der Waals surface area contributed by atoms with E-state index in [1.165, 1.54) is 12.6 Å². The van der Waals surface area contributed by atoms with Gasteiger partial charge >= 0.3 is 11.9 Å². The third-order valence-electron chi connectivity index (χ3n) is 1.50. The van der Waals surface area contributed by atoms with Gasteiger partial charge in [0.05, 0.1) is 19.2 Å². The molecule has 0 fully saturated rings. The predicted molar refractivity (Wildman–Crippen MR) is 57.0 cm³/mol. The zero-order chi connectivity index (χ0) is 12.0. The lowest BCUT2D eigenvalue weighted by Crippen LogP contribution is -2.06. The molecule has 6 heteroatoms. The Bertz CT molecular complexity index is 455. The molecule has 0 saturated carbocycles. The zero-order valence-corrected chi connectivity index (χ0v) is 9.59. The molecule has 0 atom stereocenters. The van der Waals surface area contributed by atoms with Crippen LogP contribution in [-0.4, -0.2) is 30.6 Å². The molecule has 1 aromatic heterocycles. The van der Waals surface area contributed by atoms with Crippen molar-refractivity contribution < 1.29 is 19.1 Å². The molecule has 1 heterocycles. The first-order chi connectivity index (χ1) is 7.69. The Morgan fingerprint density at radius 2 is 2.31 bits per heavy atom. The maximum absolute atomic E-state index is 11.4. The van der Waals surface area contributed by atoms with E-state index in [2.05, 4.69) is 21.6 Å². The Balaban J connectivity index is 2.89. The highest BCUT2D eigenvalue weighted by atomic mass is 32.1. The summed E-state index contributed by atoms with van der Waals surface area (Å²) < 4.78 is 9.13. The van der Waals surface area contributed by atoms with Gasteiger partial charge in [0, 0.05) is 5.92 Å². The van der Waals surface area contributed by atoms with Crippen LogP contribution in [0.15, 0.2) is 5.51 Å². The molecule has 1 rings (SSSR count). The lowest BCUT2D eigenvalue weighted by molar-refractivity contribution is -0.133. The molecule has 0 aliphatic carbocycles. The normalized spacial score (nSPS) is 8.88. The molecule has 84 valence electrons. The maximum atomic E-state index is 11.4. The third kappa shape index (κ3) is 3.07. The monoisotopic (exact) mass is 239 g/mol. The summed E-state index contributed by atoms with van der Waals surface area (Å²) >= 11 is 1.16. The number of carbonyl (C=O) groups excluding carboxylic acids is 2. The molecule has 0 aliphatic heterocycles. The summed E-state index contributed by atoms with van der Waals surface area (Å²) in [7, 11) is 1.23. The van der Waals surface area contributed by atoms with Gasteiger partial charge in [0.1, 0.15) is 4.88 Å². The van der Waals surface area contributed by atoms with Gasteiger partial charge < -0.3 is 9.47 Å². The van der Waals surface area contributed by atoms with E-state index in [0.717, 1.165) is 11.3 Å². The summed E-state index contributed by atoms with van der Waals surface area (Å²) in [5.41, 5.74) is 1.59. The smallest absolute Gasteiger partial charge is 0.384 e. The minimum absolute atomic E-state index is 0.128. The van der Waals surface area contributed by atoms with Crippen molar-refractivity contribution in [3.05, 3.63) is 16.1 Å². The summed E-state index contributed by atoms with van der Waals surface area (Å²) in [6.07, 6.45) is 0. The standard InChI is InChI=1S/C10H9NO4S/c1-3-15-10(13)9-7(16-6-11-9)4-5-8(12)14-2/h6H,3H2,1-2H3. The first kappa shape index (κ1) is 12.2. The van der Waals surface area contributed by atoms with Gasteiger partial charge in [-0.2, -0.15) is 0 Å². The molecule has 1 aromatic rings. The van der Waals surface area contributed by atoms with Gasteiger partial charge in [-0.05, 0) is 12.8 Å². The summed E-state index contributed by atoms with van der Waals surface area (Å²) in [5, 5.41) is 0. The van der Waals surface area contributed by atoms with E-state index in [4.69, 9.17) is 4.74 Å². The van der Waals surface area contributed by atoms with E-state index >= 15 is 0 Å². The summed E-state index contributed by atoms with van der Waals surface area (Å²) in [6, 6.07) is 0. The second kappa shape index (κ2) is 5.88. The lowest BCUT2D eigenvalue weighted by atomic mass is 10.3. The van der Waals surface area contributed by atoms with Gasteiger partial charge in [0.25, 0.3) is 0 Å². The van der Waals surface area contributed by atoms with Gasteiger partial charge in [0.15, 0.2) is 5.69 Å². The van der Waals surface area contributed by atoms with E-state index in [-0.39, 0.29) is 12.3 Å². The first-order valence-electron chi connectivity index (χ1n) is 4.39. The van der Waals surface area contributed by atoms with Crippen LogP contribution in [0.3, 0.4) is 0 Å². The Hall–Kier alpha value is -1.87. The SMILES string of the molecule is CCOC(=O)c1ncsc1C#CC(=O)OC. The van der Waals surface area contributed by atoms with Crippen LogP contribution < -0.4 is 0 Å². The van der Waals surface area contributed by atoms with Crippen molar-refractivity contribution in [1.29, 1.82) is 0 Å². The summed E-state index contributed by atoms with van der Waals surface area (Å²) in [5.74, 6) is 3.53. The zero-order valence-electron chi connectivity index (χ0n) is 8.77. The highest BCUT2D eigenvalue weighted by Gasteiger charge is 2.14. The number of ether oxygens (including phenoxy) is 2. The quantitative estimate of drug-likeness (QED) is 0.565. The number of nitrogens with zero attached hydrogens (tertiary/aromatic N) is 1. The van der Waals surface area contributed by atoms with E-state index in [0.29, 0.717) is 4.88 Å². The van der Waals surface area contributed by atoms with Gasteiger partial charge in [-0.3, -0.25) is 0 Å². The lowest BCUT2D eigenvalue weighted by Gasteiger charge is -1.97. The molecular weight excluding hydrogens is 230 g/mol. The molecule has 0 amide bonds. The average Bonchev–Trinajstić information content (AvgIpc) is 2.74. The van der Waals surface area contributed by atoms with Gasteiger partial charge in [-0.15, -0.1) is 11.3 Å². The fourth-order valence-corrected chi connectivity index (χ4v) is 1.46. The molecule has 16 heavy (non-hydrogen) atoms. The minimum Gasteiger partial charge on any atom is -0.461 e. The number of aromatic nitrogens is 1. The van der Waals surface area contributed by atoms with Crippen molar-refractivity contribution in [2.45, 2.75) is 6.92 Å². The minimum atomic E-state index is -0.664. The van der Waals surface area contributed by atoms with Crippen LogP contribution in [0.4, 0.5) is 0 Å². The van der Waals surface area contributed by atoms with Gasteiger partial charge in [0.2, 0.25) is 0 Å². The van der Waals surface area contributed by atoms with Crippen LogP contribution in [0.25, 0.3) is 0 Å². The fourth-order valence-electron chi connectivity index (χ4n) is 0.839. The van der Waals surface area contributed by atoms with Crippen molar-refractivity contribution >= 4 is 23.3 Å². The number of rotatable bonds is 2. The summed E-state index contributed by atoms with van der Waals surface area (Å²) in [4.78, 5) is 26.4. The van der Waals surface area contributed by atoms with Crippen LogP contribution in [0.1, 0.15) is 22.3 Å². The van der Waals surface area contributed by atoms with Crippen LogP contribution >= 0.6 is 11.3 Å². The molecule has 0 saturated heterocycles.